The normalized spacial score (nSPS) is 11.4. The third kappa shape index (κ3) is 3.29. The van der Waals surface area contributed by atoms with E-state index in [0.717, 1.165) is 35.6 Å². The first-order valence-electron chi connectivity index (χ1n) is 5.22. The van der Waals surface area contributed by atoms with Crippen molar-refractivity contribution in [3.05, 3.63) is 44.3 Å². The number of sulfonamides is 1. The van der Waals surface area contributed by atoms with E-state index in [4.69, 9.17) is 28.3 Å². The molecule has 0 aliphatic carbocycles. The van der Waals surface area contributed by atoms with E-state index in [1.54, 1.807) is 0 Å². The number of benzene rings is 1. The highest BCUT2D eigenvalue weighted by molar-refractivity contribution is 7.93. The Kier molecular flexibility index (Phi) is 4.43. The van der Waals surface area contributed by atoms with Crippen molar-refractivity contribution in [2.24, 2.45) is 0 Å². The SMILES string of the molecule is O=C(O)c1cccc(F)c1NS(=O)(=O)c1cc(Cl)sc1Cl. The topological polar surface area (TPSA) is 83.5 Å². The van der Waals surface area contributed by atoms with Crippen molar-refractivity contribution in [2.75, 3.05) is 4.72 Å². The first kappa shape index (κ1) is 16.0. The second kappa shape index (κ2) is 5.80. The molecule has 0 saturated carbocycles. The van der Waals surface area contributed by atoms with E-state index in [1.165, 1.54) is 0 Å². The van der Waals surface area contributed by atoms with Crippen molar-refractivity contribution in [3.63, 3.8) is 0 Å². The molecule has 112 valence electrons. The van der Waals surface area contributed by atoms with E-state index in [1.807, 2.05) is 4.72 Å². The van der Waals surface area contributed by atoms with Gasteiger partial charge >= 0.3 is 5.97 Å². The summed E-state index contributed by atoms with van der Waals surface area (Å²) >= 11 is 12.2. The molecule has 0 aliphatic heterocycles. The molecule has 0 bridgehead atoms. The number of para-hydroxylation sites is 1. The van der Waals surface area contributed by atoms with Gasteiger partial charge in [0.1, 0.15) is 15.0 Å². The van der Waals surface area contributed by atoms with E-state index in [9.17, 15) is 17.6 Å². The molecule has 0 aliphatic rings. The molecule has 5 nitrogen and oxygen atoms in total. The van der Waals surface area contributed by atoms with Crippen molar-refractivity contribution < 1.29 is 22.7 Å². The van der Waals surface area contributed by atoms with Crippen LogP contribution in [-0.4, -0.2) is 19.5 Å². The lowest BCUT2D eigenvalue weighted by molar-refractivity contribution is 0.0697. The lowest BCUT2D eigenvalue weighted by atomic mass is 10.2. The van der Waals surface area contributed by atoms with E-state index >= 15 is 0 Å². The van der Waals surface area contributed by atoms with Crippen molar-refractivity contribution in [3.8, 4) is 0 Å². The van der Waals surface area contributed by atoms with Crippen LogP contribution in [0.1, 0.15) is 10.4 Å². The second-order valence-electron chi connectivity index (χ2n) is 3.76. The Bertz CT molecular complexity index is 820. The van der Waals surface area contributed by atoms with Crippen LogP contribution in [0.25, 0.3) is 0 Å². The van der Waals surface area contributed by atoms with Crippen molar-refractivity contribution >= 4 is 56.2 Å². The Labute approximate surface area is 133 Å². The lowest BCUT2D eigenvalue weighted by Gasteiger charge is -2.10. The van der Waals surface area contributed by atoms with E-state index < -0.39 is 33.1 Å². The van der Waals surface area contributed by atoms with Crippen molar-refractivity contribution in [1.82, 2.24) is 0 Å². The van der Waals surface area contributed by atoms with Crippen LogP contribution in [0.4, 0.5) is 10.1 Å². The molecule has 2 rings (SSSR count). The maximum Gasteiger partial charge on any atom is 0.337 e. The number of carboxylic acid groups (broad SMARTS) is 1. The predicted octanol–water partition coefficient (Wildman–Crippen LogP) is 3.69. The average Bonchev–Trinajstić information content (AvgIpc) is 2.71. The molecule has 0 unspecified atom stereocenters. The zero-order chi connectivity index (χ0) is 15.8. The van der Waals surface area contributed by atoms with Crippen LogP contribution >= 0.6 is 34.5 Å². The summed E-state index contributed by atoms with van der Waals surface area (Å²) in [7, 11) is -4.26. The van der Waals surface area contributed by atoms with Gasteiger partial charge < -0.3 is 5.11 Å². The number of hydrogen-bond donors (Lipinski definition) is 2. The first-order valence-corrected chi connectivity index (χ1v) is 8.27. The minimum atomic E-state index is -4.26. The standard InChI is InChI=1S/C11H6Cl2FNO4S2/c12-8-4-7(10(13)20-8)21(18,19)15-9-5(11(16)17)2-1-3-6(9)14/h1-4,15H,(H,16,17). The summed E-state index contributed by atoms with van der Waals surface area (Å²) in [6.07, 6.45) is 0. The van der Waals surface area contributed by atoms with Crippen LogP contribution in [0.2, 0.25) is 8.67 Å². The van der Waals surface area contributed by atoms with Gasteiger partial charge in [-0.3, -0.25) is 4.72 Å². The summed E-state index contributed by atoms with van der Waals surface area (Å²) in [6.45, 7) is 0. The Morgan fingerprint density at radius 3 is 2.52 bits per heavy atom. The smallest absolute Gasteiger partial charge is 0.337 e. The number of aromatic carboxylic acids is 1. The molecule has 0 fully saturated rings. The fourth-order valence-electron chi connectivity index (χ4n) is 1.50. The molecule has 1 aromatic carbocycles. The number of hydrogen-bond acceptors (Lipinski definition) is 4. The number of carboxylic acids is 1. The summed E-state index contributed by atoms with van der Waals surface area (Å²) < 4.78 is 39.9. The molecule has 10 heteroatoms. The van der Waals surface area contributed by atoms with Gasteiger partial charge in [-0.1, -0.05) is 29.3 Å². The highest BCUT2D eigenvalue weighted by Crippen LogP contribution is 2.35. The number of thiophene rings is 1. The van der Waals surface area contributed by atoms with Gasteiger partial charge in [-0.25, -0.2) is 17.6 Å². The minimum Gasteiger partial charge on any atom is -0.478 e. The maximum absolute atomic E-state index is 13.7. The van der Waals surface area contributed by atoms with Gasteiger partial charge in [0.05, 0.1) is 15.6 Å². The number of nitrogens with one attached hydrogen (secondary N) is 1. The number of rotatable bonds is 4. The van der Waals surface area contributed by atoms with Gasteiger partial charge in [0.25, 0.3) is 10.0 Å². The van der Waals surface area contributed by atoms with E-state index in [0.29, 0.717) is 0 Å². The molecule has 1 heterocycles. The molecule has 1 aromatic heterocycles. The average molecular weight is 370 g/mol. The highest BCUT2D eigenvalue weighted by atomic mass is 35.5. The second-order valence-corrected chi connectivity index (χ2v) is 7.70. The van der Waals surface area contributed by atoms with E-state index in [2.05, 4.69) is 0 Å². The largest absolute Gasteiger partial charge is 0.478 e. The summed E-state index contributed by atoms with van der Waals surface area (Å²) in [5, 5.41) is 8.97. The fourth-order valence-corrected chi connectivity index (χ4v) is 4.74. The van der Waals surface area contributed by atoms with Gasteiger partial charge in [0.2, 0.25) is 0 Å². The molecular weight excluding hydrogens is 364 g/mol. The van der Waals surface area contributed by atoms with Gasteiger partial charge in [0.15, 0.2) is 0 Å². The van der Waals surface area contributed by atoms with Crippen LogP contribution < -0.4 is 4.72 Å². The molecule has 0 radical (unpaired) electrons. The van der Waals surface area contributed by atoms with E-state index in [-0.39, 0.29) is 13.6 Å². The summed E-state index contributed by atoms with van der Waals surface area (Å²) in [5.41, 5.74) is -1.18. The van der Waals surface area contributed by atoms with Gasteiger partial charge in [-0.15, -0.1) is 11.3 Å². The molecule has 2 N–H and O–H groups in total. The summed E-state index contributed by atoms with van der Waals surface area (Å²) in [6, 6.07) is 4.27. The number of anilines is 1. The highest BCUT2D eigenvalue weighted by Gasteiger charge is 2.25. The van der Waals surface area contributed by atoms with Crippen LogP contribution in [0.15, 0.2) is 29.2 Å². The third-order valence-corrected chi connectivity index (χ3v) is 5.50. The van der Waals surface area contributed by atoms with Gasteiger partial charge in [0, 0.05) is 0 Å². The van der Waals surface area contributed by atoms with Gasteiger partial charge in [-0.05, 0) is 18.2 Å². The maximum atomic E-state index is 13.7. The van der Waals surface area contributed by atoms with Crippen LogP contribution in [-0.2, 0) is 10.0 Å². The third-order valence-electron chi connectivity index (χ3n) is 2.40. The summed E-state index contributed by atoms with van der Waals surface area (Å²) in [4.78, 5) is 10.7. The van der Waals surface area contributed by atoms with Gasteiger partial charge in [-0.2, -0.15) is 0 Å². The van der Waals surface area contributed by atoms with Crippen LogP contribution in [0.5, 0.6) is 0 Å². The Hall–Kier alpha value is -1.35. The Morgan fingerprint density at radius 1 is 1.33 bits per heavy atom. The Balaban J connectivity index is 2.52. The zero-order valence-corrected chi connectivity index (χ0v) is 13.1. The first-order chi connectivity index (χ1) is 9.72. The lowest BCUT2D eigenvalue weighted by Crippen LogP contribution is -2.16. The molecule has 21 heavy (non-hydrogen) atoms. The molecular formula is C11H6Cl2FNO4S2. The molecule has 0 atom stereocenters. The minimum absolute atomic E-state index is 0.110. The molecule has 2 aromatic rings. The monoisotopic (exact) mass is 369 g/mol. The molecule has 0 spiro atoms. The molecule has 0 saturated heterocycles. The fraction of sp³-hybridized carbons (Fsp3) is 0. The van der Waals surface area contributed by atoms with Crippen LogP contribution in [0, 0.1) is 5.82 Å². The van der Waals surface area contributed by atoms with Crippen LogP contribution in [0.3, 0.4) is 0 Å². The number of carbonyl (C=O) groups is 1. The number of halogens is 3. The molecule has 0 amide bonds. The summed E-state index contributed by atoms with van der Waals surface area (Å²) in [5.74, 6) is -2.49. The van der Waals surface area contributed by atoms with Crippen molar-refractivity contribution in [1.29, 1.82) is 0 Å². The predicted molar refractivity (Wildman–Crippen MR) is 78.5 cm³/mol. The quantitative estimate of drug-likeness (QED) is 0.860. The van der Waals surface area contributed by atoms with Crippen molar-refractivity contribution in [2.45, 2.75) is 4.90 Å². The zero-order valence-electron chi connectivity index (χ0n) is 9.93. The Morgan fingerprint density at radius 2 is 2.00 bits per heavy atom.